The lowest BCUT2D eigenvalue weighted by atomic mass is 9.87. The molecule has 27 heavy (non-hydrogen) atoms. The van der Waals surface area contributed by atoms with Gasteiger partial charge >= 0.3 is 6.03 Å². The van der Waals surface area contributed by atoms with Crippen LogP contribution in [0.5, 0.6) is 0 Å². The molecule has 0 aliphatic carbocycles. The van der Waals surface area contributed by atoms with Crippen LogP contribution in [0.4, 0.5) is 14.9 Å². The number of urea groups is 1. The molecule has 2 aromatic rings. The van der Waals surface area contributed by atoms with Crippen LogP contribution < -0.4 is 5.32 Å². The summed E-state index contributed by atoms with van der Waals surface area (Å²) in [5.41, 5.74) is 3.26. The highest BCUT2D eigenvalue weighted by atomic mass is 19.1. The molecule has 0 saturated carbocycles. The molecule has 2 aromatic carbocycles. The summed E-state index contributed by atoms with van der Waals surface area (Å²) in [6.45, 7) is 10.3. The van der Waals surface area contributed by atoms with Crippen LogP contribution in [0.2, 0.25) is 0 Å². The van der Waals surface area contributed by atoms with Gasteiger partial charge in [-0.25, -0.2) is 9.18 Å². The molecular weight excluding hydrogens is 341 g/mol. The summed E-state index contributed by atoms with van der Waals surface area (Å²) in [6, 6.07) is 14.6. The van der Waals surface area contributed by atoms with Crippen molar-refractivity contribution in [2.75, 3.05) is 31.5 Å². The van der Waals surface area contributed by atoms with E-state index in [1.165, 1.54) is 17.7 Å². The minimum absolute atomic E-state index is 0.0556. The standard InChI is InChI=1S/C22H28FN3O/c1-22(2,3)18-6-10-20(11-7-18)24-21(27)26-14-12-25(13-15-26)16-17-4-8-19(23)9-5-17/h4-11H,12-16H2,1-3H3,(H,24,27). The number of halogens is 1. The summed E-state index contributed by atoms with van der Waals surface area (Å²) in [7, 11) is 0. The molecule has 1 heterocycles. The molecule has 2 amide bonds. The van der Waals surface area contributed by atoms with Crippen LogP contribution in [0, 0.1) is 5.82 Å². The fourth-order valence-corrected chi connectivity index (χ4v) is 3.21. The first-order valence-corrected chi connectivity index (χ1v) is 9.44. The van der Waals surface area contributed by atoms with E-state index in [4.69, 9.17) is 0 Å². The van der Waals surface area contributed by atoms with Crippen LogP contribution in [-0.2, 0) is 12.0 Å². The third-order valence-electron chi connectivity index (χ3n) is 4.98. The Hall–Kier alpha value is -2.40. The lowest BCUT2D eigenvalue weighted by Gasteiger charge is -2.34. The quantitative estimate of drug-likeness (QED) is 0.866. The molecule has 144 valence electrons. The molecule has 0 unspecified atom stereocenters. The van der Waals surface area contributed by atoms with Gasteiger partial charge in [0.05, 0.1) is 0 Å². The van der Waals surface area contributed by atoms with E-state index in [0.717, 1.165) is 30.9 Å². The zero-order valence-corrected chi connectivity index (χ0v) is 16.3. The highest BCUT2D eigenvalue weighted by Crippen LogP contribution is 2.23. The number of anilines is 1. The van der Waals surface area contributed by atoms with Crippen LogP contribution in [0.25, 0.3) is 0 Å². The molecule has 0 spiro atoms. The van der Waals surface area contributed by atoms with Gasteiger partial charge in [-0.2, -0.15) is 0 Å². The van der Waals surface area contributed by atoms with E-state index in [2.05, 4.69) is 43.1 Å². The molecule has 1 N–H and O–H groups in total. The second-order valence-corrected chi connectivity index (χ2v) is 8.15. The van der Waals surface area contributed by atoms with E-state index in [-0.39, 0.29) is 17.3 Å². The average Bonchev–Trinajstić information content (AvgIpc) is 2.64. The van der Waals surface area contributed by atoms with Gasteiger partial charge in [-0.15, -0.1) is 0 Å². The van der Waals surface area contributed by atoms with Gasteiger partial charge in [0.15, 0.2) is 0 Å². The van der Waals surface area contributed by atoms with Crippen molar-refractivity contribution in [3.63, 3.8) is 0 Å². The topological polar surface area (TPSA) is 35.6 Å². The maximum atomic E-state index is 13.0. The third kappa shape index (κ3) is 5.30. The van der Waals surface area contributed by atoms with Crippen molar-refractivity contribution < 1.29 is 9.18 Å². The second kappa shape index (κ2) is 8.09. The Bertz CT molecular complexity index is 758. The highest BCUT2D eigenvalue weighted by Gasteiger charge is 2.21. The molecule has 4 nitrogen and oxygen atoms in total. The zero-order chi connectivity index (χ0) is 19.4. The summed E-state index contributed by atoms with van der Waals surface area (Å²) in [5.74, 6) is -0.212. The molecule has 0 aromatic heterocycles. The maximum absolute atomic E-state index is 13.0. The Balaban J connectivity index is 1.49. The van der Waals surface area contributed by atoms with E-state index in [9.17, 15) is 9.18 Å². The van der Waals surface area contributed by atoms with Crippen molar-refractivity contribution >= 4 is 11.7 Å². The number of hydrogen-bond donors (Lipinski definition) is 1. The number of nitrogens with one attached hydrogen (secondary N) is 1. The number of hydrogen-bond acceptors (Lipinski definition) is 2. The SMILES string of the molecule is CC(C)(C)c1ccc(NC(=O)N2CCN(Cc3ccc(F)cc3)CC2)cc1. The first-order chi connectivity index (χ1) is 12.8. The minimum Gasteiger partial charge on any atom is -0.322 e. The van der Waals surface area contributed by atoms with Crippen molar-refractivity contribution in [1.82, 2.24) is 9.80 Å². The second-order valence-electron chi connectivity index (χ2n) is 8.15. The number of benzene rings is 2. The molecule has 0 atom stereocenters. The lowest BCUT2D eigenvalue weighted by molar-refractivity contribution is 0.143. The third-order valence-corrected chi connectivity index (χ3v) is 4.98. The largest absolute Gasteiger partial charge is 0.322 e. The smallest absolute Gasteiger partial charge is 0.321 e. The van der Waals surface area contributed by atoms with Crippen molar-refractivity contribution in [3.05, 3.63) is 65.5 Å². The van der Waals surface area contributed by atoms with Gasteiger partial charge in [-0.1, -0.05) is 45.0 Å². The molecule has 5 heteroatoms. The summed E-state index contributed by atoms with van der Waals surface area (Å²) < 4.78 is 13.0. The van der Waals surface area contributed by atoms with E-state index in [0.29, 0.717) is 13.1 Å². The molecule has 0 radical (unpaired) electrons. The molecule has 1 saturated heterocycles. The Labute approximate surface area is 161 Å². The Morgan fingerprint density at radius 2 is 1.56 bits per heavy atom. The number of carbonyl (C=O) groups is 1. The van der Waals surface area contributed by atoms with Gasteiger partial charge in [0.1, 0.15) is 5.82 Å². The Kier molecular flexibility index (Phi) is 5.80. The minimum atomic E-state index is -0.212. The van der Waals surface area contributed by atoms with Crippen molar-refractivity contribution in [2.45, 2.75) is 32.7 Å². The van der Waals surface area contributed by atoms with Crippen LogP contribution in [0.1, 0.15) is 31.9 Å². The number of carbonyl (C=O) groups excluding carboxylic acids is 1. The number of rotatable bonds is 3. The molecule has 1 aliphatic heterocycles. The number of nitrogens with zero attached hydrogens (tertiary/aromatic N) is 2. The summed E-state index contributed by atoms with van der Waals surface area (Å²) in [4.78, 5) is 16.6. The van der Waals surface area contributed by atoms with Gasteiger partial charge in [0.2, 0.25) is 0 Å². The van der Waals surface area contributed by atoms with Crippen molar-refractivity contribution in [1.29, 1.82) is 0 Å². The van der Waals surface area contributed by atoms with Gasteiger partial charge in [0, 0.05) is 38.4 Å². The normalized spacial score (nSPS) is 15.6. The first kappa shape index (κ1) is 19.4. The van der Waals surface area contributed by atoms with Crippen molar-refractivity contribution in [2.24, 2.45) is 0 Å². The van der Waals surface area contributed by atoms with Crippen LogP contribution in [0.3, 0.4) is 0 Å². The predicted octanol–water partition coefficient (Wildman–Crippen LogP) is 4.47. The average molecular weight is 369 g/mol. The number of piperazine rings is 1. The Morgan fingerprint density at radius 1 is 0.963 bits per heavy atom. The highest BCUT2D eigenvalue weighted by molar-refractivity contribution is 5.89. The van der Waals surface area contributed by atoms with Crippen LogP contribution >= 0.6 is 0 Å². The van der Waals surface area contributed by atoms with Gasteiger partial charge in [-0.05, 0) is 40.8 Å². The lowest BCUT2D eigenvalue weighted by Crippen LogP contribution is -2.49. The monoisotopic (exact) mass is 369 g/mol. The number of amides is 2. The summed E-state index contributed by atoms with van der Waals surface area (Å²) in [5, 5.41) is 2.99. The predicted molar refractivity (Wildman–Crippen MR) is 107 cm³/mol. The Morgan fingerprint density at radius 3 is 2.11 bits per heavy atom. The fraction of sp³-hybridized carbons (Fsp3) is 0.409. The van der Waals surface area contributed by atoms with E-state index in [1.807, 2.05) is 29.2 Å². The zero-order valence-electron chi connectivity index (χ0n) is 16.3. The van der Waals surface area contributed by atoms with Crippen molar-refractivity contribution in [3.8, 4) is 0 Å². The van der Waals surface area contributed by atoms with Crippen LogP contribution in [0.15, 0.2) is 48.5 Å². The van der Waals surface area contributed by atoms with E-state index in [1.54, 1.807) is 0 Å². The van der Waals surface area contributed by atoms with Gasteiger partial charge in [0.25, 0.3) is 0 Å². The summed E-state index contributed by atoms with van der Waals surface area (Å²) in [6.07, 6.45) is 0. The first-order valence-electron chi connectivity index (χ1n) is 9.44. The van der Waals surface area contributed by atoms with Gasteiger partial charge < -0.3 is 10.2 Å². The van der Waals surface area contributed by atoms with E-state index < -0.39 is 0 Å². The fourth-order valence-electron chi connectivity index (χ4n) is 3.21. The van der Waals surface area contributed by atoms with E-state index >= 15 is 0 Å². The maximum Gasteiger partial charge on any atom is 0.321 e. The molecule has 1 fully saturated rings. The molecule has 1 aliphatic rings. The molecule has 3 rings (SSSR count). The summed E-state index contributed by atoms with van der Waals surface area (Å²) >= 11 is 0. The molecular formula is C22H28FN3O. The van der Waals surface area contributed by atoms with Crippen LogP contribution in [-0.4, -0.2) is 42.0 Å². The molecule has 0 bridgehead atoms. The van der Waals surface area contributed by atoms with Gasteiger partial charge in [-0.3, -0.25) is 4.90 Å².